The fourth-order valence-corrected chi connectivity index (χ4v) is 5.43. The maximum atomic E-state index is 13.8. The zero-order valence-corrected chi connectivity index (χ0v) is 23.1. The molecule has 210 valence electrons. The van der Waals surface area contributed by atoms with Crippen molar-refractivity contribution in [3.05, 3.63) is 158 Å². The Labute approximate surface area is 249 Å². The molecule has 0 atom stereocenters. The number of non-ortho nitro benzene ring substituents is 2. The van der Waals surface area contributed by atoms with E-state index >= 15 is 0 Å². The smallest absolute Gasteiger partial charge is 0.269 e. The number of nitro benzene ring substituents is 2. The predicted octanol–water partition coefficient (Wildman–Crippen LogP) is 8.39. The van der Waals surface area contributed by atoms with Crippen molar-refractivity contribution in [2.75, 3.05) is 4.90 Å². The van der Waals surface area contributed by atoms with E-state index in [4.69, 9.17) is 4.42 Å². The number of hydrogen-bond acceptors (Lipinski definition) is 7. The Morgan fingerprint density at radius 1 is 0.674 bits per heavy atom. The fraction of sp³-hybridized carbons (Fsp3) is 0. The number of nitro groups is 2. The lowest BCUT2D eigenvalue weighted by molar-refractivity contribution is -0.385. The highest BCUT2D eigenvalue weighted by molar-refractivity contribution is 7.99. The van der Waals surface area contributed by atoms with Gasteiger partial charge in [-0.3, -0.25) is 29.9 Å². The van der Waals surface area contributed by atoms with Crippen LogP contribution in [0.5, 0.6) is 0 Å². The van der Waals surface area contributed by atoms with Crippen LogP contribution in [0.1, 0.15) is 11.3 Å². The lowest BCUT2D eigenvalue weighted by Gasteiger charge is -2.21. The minimum atomic E-state index is -0.457. The van der Waals surface area contributed by atoms with E-state index in [1.54, 1.807) is 47.4 Å². The van der Waals surface area contributed by atoms with E-state index in [1.807, 2.05) is 60.7 Å². The average Bonchev–Trinajstić information content (AvgIpc) is 3.63. The number of amides is 1. The zero-order chi connectivity index (χ0) is 29.9. The summed E-state index contributed by atoms with van der Waals surface area (Å²) < 4.78 is 5.97. The van der Waals surface area contributed by atoms with Crippen molar-refractivity contribution in [2.45, 2.75) is 9.79 Å². The van der Waals surface area contributed by atoms with E-state index in [9.17, 15) is 25.0 Å². The molecule has 0 spiro atoms. The quantitative estimate of drug-likeness (QED) is 0.102. The molecule has 0 N–H and O–H groups in total. The second-order valence-corrected chi connectivity index (χ2v) is 10.6. The van der Waals surface area contributed by atoms with E-state index in [2.05, 4.69) is 0 Å². The van der Waals surface area contributed by atoms with E-state index in [0.29, 0.717) is 28.3 Å². The molecule has 0 aliphatic carbocycles. The molecular weight excluding hydrogens is 566 g/mol. The summed E-state index contributed by atoms with van der Waals surface area (Å²) in [5.74, 6) is 0.775. The first-order valence-corrected chi connectivity index (χ1v) is 13.9. The van der Waals surface area contributed by atoms with Crippen LogP contribution in [0.25, 0.3) is 23.1 Å². The summed E-state index contributed by atoms with van der Waals surface area (Å²) in [4.78, 5) is 38.2. The highest BCUT2D eigenvalue weighted by Gasteiger charge is 2.30. The maximum Gasteiger partial charge on any atom is 0.269 e. The van der Waals surface area contributed by atoms with Crippen molar-refractivity contribution in [2.24, 2.45) is 0 Å². The normalized spacial score (nSPS) is 13.8. The van der Waals surface area contributed by atoms with Gasteiger partial charge in [-0.1, -0.05) is 42.1 Å². The second kappa shape index (κ2) is 11.6. The van der Waals surface area contributed by atoms with E-state index in [-0.39, 0.29) is 17.3 Å². The van der Waals surface area contributed by atoms with Gasteiger partial charge in [0.15, 0.2) is 0 Å². The summed E-state index contributed by atoms with van der Waals surface area (Å²) in [6, 6.07) is 33.1. The number of nitrogens with zero attached hydrogens (tertiary/aromatic N) is 3. The fourth-order valence-electron chi connectivity index (χ4n) is 4.61. The van der Waals surface area contributed by atoms with Gasteiger partial charge in [0.2, 0.25) is 0 Å². The van der Waals surface area contributed by atoms with Crippen molar-refractivity contribution >= 4 is 46.5 Å². The topological polar surface area (TPSA) is 120 Å². The Morgan fingerprint density at radius 2 is 1.26 bits per heavy atom. The number of rotatable bonds is 8. The van der Waals surface area contributed by atoms with Crippen molar-refractivity contribution in [1.29, 1.82) is 0 Å². The number of furan rings is 1. The van der Waals surface area contributed by atoms with Crippen LogP contribution < -0.4 is 4.90 Å². The molecule has 0 bridgehead atoms. The zero-order valence-electron chi connectivity index (χ0n) is 22.3. The number of anilines is 1. The lowest BCUT2D eigenvalue weighted by atomic mass is 10.1. The molecule has 1 aliphatic rings. The minimum Gasteiger partial charge on any atom is -0.457 e. The molecule has 0 fully saturated rings. The van der Waals surface area contributed by atoms with Gasteiger partial charge in [-0.25, -0.2) is 0 Å². The first kappa shape index (κ1) is 27.4. The number of benzene rings is 4. The summed E-state index contributed by atoms with van der Waals surface area (Å²) in [7, 11) is 0. The van der Waals surface area contributed by atoms with Crippen molar-refractivity contribution in [3.63, 3.8) is 0 Å². The molecule has 1 amide bonds. The monoisotopic (exact) mass is 587 g/mol. The van der Waals surface area contributed by atoms with Gasteiger partial charge in [-0.15, -0.1) is 0 Å². The van der Waals surface area contributed by atoms with E-state index in [0.717, 1.165) is 21.1 Å². The third kappa shape index (κ3) is 5.85. The third-order valence-electron chi connectivity index (χ3n) is 6.72. The Kier molecular flexibility index (Phi) is 7.42. The SMILES string of the molecule is O=C1C(=Cc2ccc(-c3ccc([N+](=O)[O-])cc3)o2)C=C(c2ccccc2)N1c1ccc(Sc2ccc([N+](=O)[O-])cc2)cc1. The highest BCUT2D eigenvalue weighted by atomic mass is 32.2. The van der Waals surface area contributed by atoms with Gasteiger partial charge in [0.05, 0.1) is 15.5 Å². The van der Waals surface area contributed by atoms with Crippen LogP contribution in [-0.4, -0.2) is 15.8 Å². The molecule has 1 aromatic heterocycles. The predicted molar refractivity (Wildman–Crippen MR) is 164 cm³/mol. The Balaban J connectivity index is 1.27. The van der Waals surface area contributed by atoms with Gasteiger partial charge in [0, 0.05) is 50.9 Å². The van der Waals surface area contributed by atoms with Crippen LogP contribution in [0.3, 0.4) is 0 Å². The van der Waals surface area contributed by atoms with Gasteiger partial charge in [0.25, 0.3) is 17.3 Å². The lowest BCUT2D eigenvalue weighted by Crippen LogP contribution is -2.24. The van der Waals surface area contributed by atoms with E-state index in [1.165, 1.54) is 36.0 Å². The van der Waals surface area contributed by atoms with Crippen LogP contribution in [0.4, 0.5) is 17.1 Å². The molecule has 43 heavy (non-hydrogen) atoms. The van der Waals surface area contributed by atoms with Crippen molar-refractivity contribution in [3.8, 4) is 11.3 Å². The van der Waals surface area contributed by atoms with Gasteiger partial charge >= 0.3 is 0 Å². The molecule has 0 saturated heterocycles. The molecule has 5 aromatic rings. The highest BCUT2D eigenvalue weighted by Crippen LogP contribution is 2.37. The van der Waals surface area contributed by atoms with Gasteiger partial charge in [-0.2, -0.15) is 0 Å². The van der Waals surface area contributed by atoms with Crippen molar-refractivity contribution in [1.82, 2.24) is 0 Å². The van der Waals surface area contributed by atoms with E-state index < -0.39 is 9.85 Å². The van der Waals surface area contributed by atoms with Crippen LogP contribution in [0.2, 0.25) is 0 Å². The molecule has 0 unspecified atom stereocenters. The third-order valence-corrected chi connectivity index (χ3v) is 7.73. The molecule has 1 aliphatic heterocycles. The summed E-state index contributed by atoms with van der Waals surface area (Å²) in [5.41, 5.74) is 3.42. The molecule has 4 aromatic carbocycles. The Morgan fingerprint density at radius 3 is 1.86 bits per heavy atom. The molecule has 0 saturated carbocycles. The first-order chi connectivity index (χ1) is 20.9. The molecule has 10 heteroatoms. The first-order valence-electron chi connectivity index (χ1n) is 13.1. The standard InChI is InChI=1S/C33H21N3O6S/c37-33-24(20-28-14-19-32(42-28)23-6-8-26(9-7-23)35(38)39)21-31(22-4-2-1-3-5-22)34(33)25-10-15-29(16-11-25)43-30-17-12-27(13-18-30)36(40)41/h1-21H. The summed E-state index contributed by atoms with van der Waals surface area (Å²) in [6.45, 7) is 0. The minimum absolute atomic E-state index is 0.00848. The van der Waals surface area contributed by atoms with Crippen molar-refractivity contribution < 1.29 is 19.1 Å². The summed E-state index contributed by atoms with van der Waals surface area (Å²) >= 11 is 1.46. The number of hydrogen-bond donors (Lipinski definition) is 0. The molecular formula is C33H21N3O6S. The van der Waals surface area contributed by atoms with Crippen LogP contribution >= 0.6 is 11.8 Å². The van der Waals surface area contributed by atoms with Gasteiger partial charge in [0.1, 0.15) is 11.5 Å². The Bertz CT molecular complexity index is 1900. The second-order valence-electron chi connectivity index (χ2n) is 9.49. The van der Waals surface area contributed by atoms with Crippen LogP contribution in [0, 0.1) is 20.2 Å². The molecule has 2 heterocycles. The average molecular weight is 588 g/mol. The number of carbonyl (C=O) groups is 1. The Hall–Kier alpha value is -5.74. The molecule has 0 radical (unpaired) electrons. The van der Waals surface area contributed by atoms with Gasteiger partial charge < -0.3 is 4.42 Å². The van der Waals surface area contributed by atoms with Crippen LogP contribution in [0.15, 0.2) is 141 Å². The summed E-state index contributed by atoms with van der Waals surface area (Å²) in [5, 5.41) is 21.9. The number of carbonyl (C=O) groups excluding carboxylic acids is 1. The maximum absolute atomic E-state index is 13.8. The van der Waals surface area contributed by atoms with Crippen LogP contribution in [-0.2, 0) is 4.79 Å². The molecule has 9 nitrogen and oxygen atoms in total. The van der Waals surface area contributed by atoms with Gasteiger partial charge in [-0.05, 0) is 78.4 Å². The molecule has 6 rings (SSSR count). The summed E-state index contributed by atoms with van der Waals surface area (Å²) in [6.07, 6.45) is 3.50. The largest absolute Gasteiger partial charge is 0.457 e.